The number of fused-ring (bicyclic) bond motifs is 1. The van der Waals surface area contributed by atoms with Gasteiger partial charge >= 0.3 is 0 Å². The van der Waals surface area contributed by atoms with E-state index in [-0.39, 0.29) is 27.7 Å². The van der Waals surface area contributed by atoms with E-state index in [0.717, 1.165) is 17.7 Å². The van der Waals surface area contributed by atoms with Gasteiger partial charge < -0.3 is 23.9 Å². The molecular formula is C28H28N2O6S. The third-order valence-electron chi connectivity index (χ3n) is 5.90. The van der Waals surface area contributed by atoms with Crippen LogP contribution in [0, 0.1) is 0 Å². The summed E-state index contributed by atoms with van der Waals surface area (Å²) in [6.45, 7) is 5.35. The Kier molecular flexibility index (Phi) is 7.05. The SMILES string of the molecule is CCCOc1ccc(-c2nc(S(=O)(=O)c3ccc4c(c3)OCCO4)c(NC(C)c3ccccc3)o2)cc1. The Labute approximate surface area is 216 Å². The summed E-state index contributed by atoms with van der Waals surface area (Å²) in [7, 11) is -4.07. The number of hydrogen-bond donors (Lipinski definition) is 1. The van der Waals surface area contributed by atoms with Gasteiger partial charge in [-0.1, -0.05) is 37.3 Å². The Morgan fingerprint density at radius 2 is 1.70 bits per heavy atom. The molecule has 0 fully saturated rings. The molecule has 0 aliphatic carbocycles. The second-order valence-corrected chi connectivity index (χ2v) is 10.5. The zero-order chi connectivity index (χ0) is 25.8. The van der Waals surface area contributed by atoms with Crippen molar-refractivity contribution in [2.24, 2.45) is 0 Å². The van der Waals surface area contributed by atoms with E-state index in [1.807, 2.05) is 56.3 Å². The molecule has 0 radical (unpaired) electrons. The monoisotopic (exact) mass is 520 g/mol. The number of nitrogens with one attached hydrogen (secondary N) is 1. The number of ether oxygens (including phenoxy) is 3. The summed E-state index contributed by atoms with van der Waals surface area (Å²) in [6.07, 6.45) is 0.900. The Bertz CT molecular complexity index is 1470. The van der Waals surface area contributed by atoms with Gasteiger partial charge in [-0.2, -0.15) is 4.98 Å². The lowest BCUT2D eigenvalue weighted by Gasteiger charge is -2.19. The molecule has 5 rings (SSSR count). The van der Waals surface area contributed by atoms with Crippen molar-refractivity contribution in [1.82, 2.24) is 4.98 Å². The average Bonchev–Trinajstić information content (AvgIpc) is 3.37. The van der Waals surface area contributed by atoms with Gasteiger partial charge in [-0.3, -0.25) is 0 Å². The maximum atomic E-state index is 13.8. The molecular weight excluding hydrogens is 492 g/mol. The molecule has 8 nitrogen and oxygen atoms in total. The van der Waals surface area contributed by atoms with Gasteiger partial charge in [-0.25, -0.2) is 8.42 Å². The lowest BCUT2D eigenvalue weighted by Crippen LogP contribution is -2.16. The first-order valence-corrected chi connectivity index (χ1v) is 13.6. The predicted octanol–water partition coefficient (Wildman–Crippen LogP) is 5.91. The van der Waals surface area contributed by atoms with Gasteiger partial charge in [0, 0.05) is 11.6 Å². The van der Waals surface area contributed by atoms with E-state index in [1.165, 1.54) is 12.1 Å². The molecule has 1 aliphatic rings. The number of nitrogens with zero attached hydrogens (tertiary/aromatic N) is 1. The fraction of sp³-hybridized carbons (Fsp3) is 0.250. The van der Waals surface area contributed by atoms with E-state index >= 15 is 0 Å². The van der Waals surface area contributed by atoms with E-state index in [2.05, 4.69) is 10.3 Å². The molecule has 1 atom stereocenters. The normalized spacial score (nSPS) is 13.7. The Morgan fingerprint density at radius 3 is 2.43 bits per heavy atom. The van der Waals surface area contributed by atoms with Crippen molar-refractivity contribution in [3.05, 3.63) is 78.4 Å². The number of oxazole rings is 1. The fourth-order valence-electron chi connectivity index (χ4n) is 3.94. The Hall–Kier alpha value is -3.98. The molecule has 1 N–H and O–H groups in total. The van der Waals surface area contributed by atoms with Crippen molar-refractivity contribution in [3.8, 4) is 28.7 Å². The van der Waals surface area contributed by atoms with Crippen LogP contribution < -0.4 is 19.5 Å². The minimum Gasteiger partial charge on any atom is -0.494 e. The summed E-state index contributed by atoms with van der Waals surface area (Å²) in [6, 6.07) is 21.2. The highest BCUT2D eigenvalue weighted by molar-refractivity contribution is 7.91. The van der Waals surface area contributed by atoms with E-state index in [9.17, 15) is 8.42 Å². The Balaban J connectivity index is 1.54. The minimum atomic E-state index is -4.07. The number of benzene rings is 3. The summed E-state index contributed by atoms with van der Waals surface area (Å²) in [5, 5.41) is 3.00. The zero-order valence-electron chi connectivity index (χ0n) is 20.6. The highest BCUT2D eigenvalue weighted by atomic mass is 32.2. The van der Waals surface area contributed by atoms with Crippen LogP contribution >= 0.6 is 0 Å². The second-order valence-electron chi connectivity index (χ2n) is 8.61. The van der Waals surface area contributed by atoms with Crippen LogP contribution in [0.15, 0.2) is 87.1 Å². The van der Waals surface area contributed by atoms with Gasteiger partial charge in [0.05, 0.1) is 17.5 Å². The first kappa shape index (κ1) is 24.7. The maximum absolute atomic E-state index is 13.8. The molecule has 4 aromatic rings. The van der Waals surface area contributed by atoms with Gasteiger partial charge in [0.15, 0.2) is 11.5 Å². The van der Waals surface area contributed by atoms with Crippen LogP contribution in [0.25, 0.3) is 11.5 Å². The molecule has 0 amide bonds. The van der Waals surface area contributed by atoms with Crippen molar-refractivity contribution in [1.29, 1.82) is 0 Å². The lowest BCUT2D eigenvalue weighted by molar-refractivity contribution is 0.171. The van der Waals surface area contributed by atoms with Crippen molar-refractivity contribution in [3.63, 3.8) is 0 Å². The quantitative estimate of drug-likeness (QED) is 0.291. The van der Waals surface area contributed by atoms with Crippen molar-refractivity contribution < 1.29 is 27.0 Å². The number of rotatable bonds is 9. The van der Waals surface area contributed by atoms with Gasteiger partial charge in [0.25, 0.3) is 0 Å². The van der Waals surface area contributed by atoms with Crippen LogP contribution in [0.4, 0.5) is 5.88 Å². The summed E-state index contributed by atoms with van der Waals surface area (Å²) < 4.78 is 50.4. The largest absolute Gasteiger partial charge is 0.494 e. The van der Waals surface area contributed by atoms with Gasteiger partial charge in [-0.15, -0.1) is 0 Å². The fourth-order valence-corrected chi connectivity index (χ4v) is 5.22. The van der Waals surface area contributed by atoms with Crippen molar-refractivity contribution in [2.75, 3.05) is 25.1 Å². The van der Waals surface area contributed by atoms with Crippen LogP contribution in [0.1, 0.15) is 31.9 Å². The molecule has 1 aromatic heterocycles. The molecule has 2 heterocycles. The van der Waals surface area contributed by atoms with Gasteiger partial charge in [0.2, 0.25) is 26.6 Å². The number of aromatic nitrogens is 1. The first-order chi connectivity index (χ1) is 18.0. The van der Waals surface area contributed by atoms with Crippen LogP contribution in [0.2, 0.25) is 0 Å². The van der Waals surface area contributed by atoms with E-state index in [1.54, 1.807) is 18.2 Å². The Morgan fingerprint density at radius 1 is 0.973 bits per heavy atom. The van der Waals surface area contributed by atoms with Crippen LogP contribution in [-0.4, -0.2) is 33.2 Å². The standard InChI is InChI=1S/C28H28N2O6S/c1-3-15-33-22-11-9-21(10-12-22)26-30-28(27(36-26)29-19(2)20-7-5-4-6-8-20)37(31,32)23-13-14-24-25(18-23)35-17-16-34-24/h4-14,18-19,29H,3,15-17H2,1-2H3. The minimum absolute atomic E-state index is 0.0373. The summed E-state index contributed by atoms with van der Waals surface area (Å²) in [5.41, 5.74) is 1.60. The molecule has 3 aromatic carbocycles. The molecule has 192 valence electrons. The summed E-state index contributed by atoms with van der Waals surface area (Å²) in [4.78, 5) is 4.49. The van der Waals surface area contributed by atoms with E-state index in [4.69, 9.17) is 18.6 Å². The lowest BCUT2D eigenvalue weighted by atomic mass is 10.1. The molecule has 9 heteroatoms. The number of anilines is 1. The molecule has 0 bridgehead atoms. The number of hydrogen-bond acceptors (Lipinski definition) is 8. The highest BCUT2D eigenvalue weighted by Gasteiger charge is 2.31. The maximum Gasteiger partial charge on any atom is 0.234 e. The van der Waals surface area contributed by atoms with Gasteiger partial charge in [-0.05, 0) is 55.3 Å². The second kappa shape index (κ2) is 10.6. The summed E-state index contributed by atoms with van der Waals surface area (Å²) in [5.74, 6) is 1.85. The van der Waals surface area contributed by atoms with Crippen molar-refractivity contribution >= 4 is 15.7 Å². The van der Waals surface area contributed by atoms with E-state index < -0.39 is 9.84 Å². The molecule has 37 heavy (non-hydrogen) atoms. The third-order valence-corrected chi connectivity index (χ3v) is 7.56. The molecule has 0 saturated heterocycles. The highest BCUT2D eigenvalue weighted by Crippen LogP contribution is 2.38. The predicted molar refractivity (Wildman–Crippen MR) is 139 cm³/mol. The van der Waals surface area contributed by atoms with Gasteiger partial charge in [0.1, 0.15) is 19.0 Å². The van der Waals surface area contributed by atoms with Crippen molar-refractivity contribution in [2.45, 2.75) is 36.2 Å². The summed E-state index contributed by atoms with van der Waals surface area (Å²) >= 11 is 0. The van der Waals surface area contributed by atoms with E-state index in [0.29, 0.717) is 36.9 Å². The molecule has 0 spiro atoms. The van der Waals surface area contributed by atoms with Crippen LogP contribution in [-0.2, 0) is 9.84 Å². The molecule has 1 unspecified atom stereocenters. The smallest absolute Gasteiger partial charge is 0.234 e. The van der Waals surface area contributed by atoms with Crippen LogP contribution in [0.3, 0.4) is 0 Å². The zero-order valence-corrected chi connectivity index (χ0v) is 21.5. The topological polar surface area (TPSA) is 99.9 Å². The molecule has 1 aliphatic heterocycles. The third kappa shape index (κ3) is 5.27. The number of sulfone groups is 1. The molecule has 0 saturated carbocycles. The van der Waals surface area contributed by atoms with Crippen LogP contribution in [0.5, 0.6) is 17.2 Å². The first-order valence-electron chi connectivity index (χ1n) is 12.2. The average molecular weight is 521 g/mol.